The monoisotopic (exact) mass is 335 g/mol. The van der Waals surface area contributed by atoms with E-state index in [2.05, 4.69) is 17.0 Å². The molecule has 1 saturated heterocycles. The predicted molar refractivity (Wildman–Crippen MR) is 92.0 cm³/mol. The minimum Gasteiger partial charge on any atom is -0.493 e. The SMILES string of the molecule is COc1ccccc1Oc1cc(C#N)c(C#N)cc1N1CCOCC1. The van der Waals surface area contributed by atoms with Crippen molar-refractivity contribution in [1.29, 1.82) is 10.5 Å². The fourth-order valence-electron chi connectivity index (χ4n) is 2.71. The molecule has 126 valence electrons. The van der Waals surface area contributed by atoms with Crippen LogP contribution >= 0.6 is 0 Å². The lowest BCUT2D eigenvalue weighted by atomic mass is 10.1. The zero-order valence-electron chi connectivity index (χ0n) is 13.9. The second-order valence-electron chi connectivity index (χ2n) is 5.44. The molecule has 0 aliphatic carbocycles. The Balaban J connectivity index is 2.06. The van der Waals surface area contributed by atoms with Gasteiger partial charge in [0, 0.05) is 19.2 Å². The van der Waals surface area contributed by atoms with Crippen LogP contribution in [0.2, 0.25) is 0 Å². The van der Waals surface area contributed by atoms with Crippen LogP contribution in [0.3, 0.4) is 0 Å². The van der Waals surface area contributed by atoms with Gasteiger partial charge in [0.25, 0.3) is 0 Å². The molecule has 1 aliphatic rings. The fourth-order valence-corrected chi connectivity index (χ4v) is 2.71. The maximum absolute atomic E-state index is 9.33. The Morgan fingerprint density at radius 1 is 0.960 bits per heavy atom. The van der Waals surface area contributed by atoms with Crippen molar-refractivity contribution < 1.29 is 14.2 Å². The molecule has 6 heteroatoms. The maximum Gasteiger partial charge on any atom is 0.169 e. The standard InChI is InChI=1S/C19H17N3O3/c1-23-17-4-2-3-5-18(17)25-19-11-15(13-21)14(12-20)10-16(19)22-6-8-24-9-7-22/h2-5,10-11H,6-9H2,1H3. The van der Waals surface area contributed by atoms with E-state index in [0.717, 1.165) is 5.69 Å². The van der Waals surface area contributed by atoms with Gasteiger partial charge in [0.2, 0.25) is 0 Å². The van der Waals surface area contributed by atoms with E-state index < -0.39 is 0 Å². The summed E-state index contributed by atoms with van der Waals surface area (Å²) in [5.41, 5.74) is 1.38. The van der Waals surface area contributed by atoms with Gasteiger partial charge in [-0.3, -0.25) is 0 Å². The lowest BCUT2D eigenvalue weighted by Gasteiger charge is -2.30. The number of nitriles is 2. The van der Waals surface area contributed by atoms with Crippen LogP contribution in [-0.4, -0.2) is 33.4 Å². The molecule has 0 saturated carbocycles. The molecule has 0 atom stereocenters. The van der Waals surface area contributed by atoms with Gasteiger partial charge in [-0.1, -0.05) is 12.1 Å². The van der Waals surface area contributed by atoms with Crippen LogP contribution in [0, 0.1) is 22.7 Å². The smallest absolute Gasteiger partial charge is 0.169 e. The number of methoxy groups -OCH3 is 1. The van der Waals surface area contributed by atoms with Crippen LogP contribution in [0.5, 0.6) is 17.2 Å². The van der Waals surface area contributed by atoms with E-state index in [-0.39, 0.29) is 5.56 Å². The van der Waals surface area contributed by atoms with Crippen molar-refractivity contribution in [2.45, 2.75) is 0 Å². The number of ether oxygens (including phenoxy) is 3. The summed E-state index contributed by atoms with van der Waals surface area (Å²) < 4.78 is 16.8. The van der Waals surface area contributed by atoms with Crippen molar-refractivity contribution >= 4 is 5.69 Å². The normalized spacial score (nSPS) is 13.6. The van der Waals surface area contributed by atoms with Gasteiger partial charge in [-0.15, -0.1) is 0 Å². The third-order valence-corrected chi connectivity index (χ3v) is 3.98. The average Bonchev–Trinajstić information content (AvgIpc) is 2.68. The van der Waals surface area contributed by atoms with Crippen molar-refractivity contribution in [1.82, 2.24) is 0 Å². The minimum atomic E-state index is 0.282. The van der Waals surface area contributed by atoms with Gasteiger partial charge < -0.3 is 19.1 Å². The highest BCUT2D eigenvalue weighted by Crippen LogP contribution is 2.38. The highest BCUT2D eigenvalue weighted by molar-refractivity contribution is 5.67. The molecule has 6 nitrogen and oxygen atoms in total. The molecule has 0 unspecified atom stereocenters. The summed E-state index contributed by atoms with van der Waals surface area (Å²) in [5.74, 6) is 1.66. The number of nitrogens with zero attached hydrogens (tertiary/aromatic N) is 3. The lowest BCUT2D eigenvalue weighted by molar-refractivity contribution is 0.122. The van der Waals surface area contributed by atoms with Gasteiger partial charge in [0.1, 0.15) is 12.1 Å². The minimum absolute atomic E-state index is 0.282. The molecule has 0 aromatic heterocycles. The van der Waals surface area contributed by atoms with Crippen LogP contribution in [0.15, 0.2) is 36.4 Å². The number of hydrogen-bond donors (Lipinski definition) is 0. The van der Waals surface area contributed by atoms with Crippen molar-refractivity contribution in [3.05, 3.63) is 47.5 Å². The number of hydrogen-bond acceptors (Lipinski definition) is 6. The molecule has 0 amide bonds. The molecule has 25 heavy (non-hydrogen) atoms. The molecule has 1 fully saturated rings. The number of morpholine rings is 1. The second-order valence-corrected chi connectivity index (χ2v) is 5.44. The highest BCUT2D eigenvalue weighted by Gasteiger charge is 2.20. The summed E-state index contributed by atoms with van der Waals surface area (Å²) in [7, 11) is 1.57. The molecule has 2 aromatic rings. The molecule has 0 radical (unpaired) electrons. The average molecular weight is 335 g/mol. The maximum atomic E-state index is 9.33. The summed E-state index contributed by atoms with van der Waals surface area (Å²) in [5, 5.41) is 18.7. The van der Waals surface area contributed by atoms with E-state index in [1.807, 2.05) is 12.1 Å². The molecule has 3 rings (SSSR count). The van der Waals surface area contributed by atoms with E-state index in [9.17, 15) is 10.5 Å². The first kappa shape index (κ1) is 16.6. The highest BCUT2D eigenvalue weighted by atomic mass is 16.5. The first-order valence-corrected chi connectivity index (χ1v) is 7.88. The van der Waals surface area contributed by atoms with Crippen LogP contribution < -0.4 is 14.4 Å². The van der Waals surface area contributed by atoms with E-state index in [4.69, 9.17) is 14.2 Å². The summed E-state index contributed by atoms with van der Waals surface area (Å²) in [6, 6.07) is 14.7. The largest absolute Gasteiger partial charge is 0.493 e. The van der Waals surface area contributed by atoms with Crippen LogP contribution in [0.4, 0.5) is 5.69 Å². The zero-order chi connectivity index (χ0) is 17.6. The van der Waals surface area contributed by atoms with E-state index >= 15 is 0 Å². The molecular formula is C19H17N3O3. The summed E-state index contributed by atoms with van der Waals surface area (Å²) in [6.45, 7) is 2.60. The Hall–Kier alpha value is -3.22. The lowest BCUT2D eigenvalue weighted by Crippen LogP contribution is -2.36. The first-order valence-electron chi connectivity index (χ1n) is 7.88. The van der Waals surface area contributed by atoms with Gasteiger partial charge in [-0.25, -0.2) is 0 Å². The van der Waals surface area contributed by atoms with Gasteiger partial charge in [-0.2, -0.15) is 10.5 Å². The molecule has 1 heterocycles. The number of benzene rings is 2. The van der Waals surface area contributed by atoms with Gasteiger partial charge in [-0.05, 0) is 18.2 Å². The topological polar surface area (TPSA) is 78.5 Å². The second kappa shape index (κ2) is 7.57. The molecule has 0 N–H and O–H groups in total. The Morgan fingerprint density at radius 3 is 2.24 bits per heavy atom. The van der Waals surface area contributed by atoms with Crippen LogP contribution in [0.1, 0.15) is 11.1 Å². The summed E-state index contributed by atoms with van der Waals surface area (Å²) in [6.07, 6.45) is 0. The van der Waals surface area contributed by atoms with Crippen molar-refractivity contribution in [3.63, 3.8) is 0 Å². The van der Waals surface area contributed by atoms with Crippen LogP contribution in [-0.2, 0) is 4.74 Å². The number of rotatable bonds is 4. The Morgan fingerprint density at radius 2 is 1.60 bits per heavy atom. The molecule has 0 spiro atoms. The number of anilines is 1. The van der Waals surface area contributed by atoms with Crippen molar-refractivity contribution in [2.75, 3.05) is 38.3 Å². The van der Waals surface area contributed by atoms with Gasteiger partial charge in [0.05, 0.1) is 37.1 Å². The number of para-hydroxylation sites is 2. The Kier molecular flexibility index (Phi) is 5.03. The molecule has 2 aromatic carbocycles. The molecule has 0 bridgehead atoms. The Bertz CT molecular complexity index is 846. The quantitative estimate of drug-likeness (QED) is 0.854. The van der Waals surface area contributed by atoms with Gasteiger partial charge >= 0.3 is 0 Å². The molecular weight excluding hydrogens is 318 g/mol. The van der Waals surface area contributed by atoms with E-state index in [0.29, 0.717) is 49.1 Å². The third kappa shape index (κ3) is 3.50. The molecule has 1 aliphatic heterocycles. The van der Waals surface area contributed by atoms with Gasteiger partial charge in [0.15, 0.2) is 17.2 Å². The summed E-state index contributed by atoms with van der Waals surface area (Å²) in [4.78, 5) is 2.09. The van der Waals surface area contributed by atoms with E-state index in [1.54, 1.807) is 31.4 Å². The zero-order valence-corrected chi connectivity index (χ0v) is 13.9. The van der Waals surface area contributed by atoms with Crippen LogP contribution in [0.25, 0.3) is 0 Å². The van der Waals surface area contributed by atoms with Crippen molar-refractivity contribution in [3.8, 4) is 29.4 Å². The Labute approximate surface area is 146 Å². The predicted octanol–water partition coefficient (Wildman–Crippen LogP) is 3.07. The first-order chi connectivity index (χ1) is 12.3. The van der Waals surface area contributed by atoms with Crippen molar-refractivity contribution in [2.24, 2.45) is 0 Å². The third-order valence-electron chi connectivity index (χ3n) is 3.98. The fraction of sp³-hybridized carbons (Fsp3) is 0.263. The summed E-state index contributed by atoms with van der Waals surface area (Å²) >= 11 is 0. The van der Waals surface area contributed by atoms with E-state index in [1.165, 1.54) is 0 Å².